The Hall–Kier alpha value is -2.77. The van der Waals surface area contributed by atoms with E-state index in [1.165, 1.54) is 0 Å². The van der Waals surface area contributed by atoms with Gasteiger partial charge in [0, 0.05) is 24.2 Å². The van der Waals surface area contributed by atoms with Crippen molar-refractivity contribution in [3.63, 3.8) is 0 Å². The average molecular weight is 331 g/mol. The molecule has 2 aromatic rings. The van der Waals surface area contributed by atoms with Crippen LogP contribution in [0.15, 0.2) is 24.3 Å². The zero-order valence-electron chi connectivity index (χ0n) is 14.0. The lowest BCUT2D eigenvalue weighted by molar-refractivity contribution is -0.139. The fraction of sp³-hybridized carbons (Fsp3) is 0.438. The molecule has 128 valence electrons. The standard InChI is InChI=1S/C16H21N5O3/c1-4-21-15(18-19-20-21)11-6-5-7-12(8-11)17-13(22)9-16(2,3)10-14(23)24/h5-8H,4,9-10H2,1-3H3,(H,17,22)(H,23,24). The van der Waals surface area contributed by atoms with E-state index in [1.807, 2.05) is 19.1 Å². The lowest BCUT2D eigenvalue weighted by Crippen LogP contribution is -2.24. The molecule has 0 spiro atoms. The first-order valence-electron chi connectivity index (χ1n) is 7.69. The van der Waals surface area contributed by atoms with Crippen LogP contribution in [0.5, 0.6) is 0 Å². The van der Waals surface area contributed by atoms with Gasteiger partial charge >= 0.3 is 5.97 Å². The zero-order valence-corrected chi connectivity index (χ0v) is 14.0. The van der Waals surface area contributed by atoms with Crippen LogP contribution in [0.4, 0.5) is 5.69 Å². The molecule has 0 bridgehead atoms. The number of hydrogen-bond acceptors (Lipinski definition) is 5. The van der Waals surface area contributed by atoms with Crippen molar-refractivity contribution < 1.29 is 14.7 Å². The van der Waals surface area contributed by atoms with Gasteiger partial charge in [-0.15, -0.1) is 5.10 Å². The highest BCUT2D eigenvalue weighted by atomic mass is 16.4. The molecule has 0 saturated heterocycles. The molecule has 0 aliphatic heterocycles. The minimum absolute atomic E-state index is 0.0638. The van der Waals surface area contributed by atoms with Gasteiger partial charge in [0.1, 0.15) is 0 Å². The van der Waals surface area contributed by atoms with Crippen molar-refractivity contribution in [3.8, 4) is 11.4 Å². The Bertz CT molecular complexity index is 739. The molecule has 1 aromatic carbocycles. The van der Waals surface area contributed by atoms with Crippen molar-refractivity contribution >= 4 is 17.6 Å². The highest BCUT2D eigenvalue weighted by Crippen LogP contribution is 2.26. The largest absolute Gasteiger partial charge is 0.481 e. The van der Waals surface area contributed by atoms with Crippen LogP contribution in [0.1, 0.15) is 33.6 Å². The summed E-state index contributed by atoms with van der Waals surface area (Å²) < 4.78 is 1.66. The fourth-order valence-electron chi connectivity index (χ4n) is 2.47. The van der Waals surface area contributed by atoms with Gasteiger partial charge in [0.25, 0.3) is 0 Å². The molecule has 8 nitrogen and oxygen atoms in total. The number of carboxylic acids is 1. The van der Waals surface area contributed by atoms with Crippen LogP contribution in [0.25, 0.3) is 11.4 Å². The number of tetrazole rings is 1. The second-order valence-corrected chi connectivity index (χ2v) is 6.36. The van der Waals surface area contributed by atoms with E-state index in [0.717, 1.165) is 5.56 Å². The highest BCUT2D eigenvalue weighted by molar-refractivity contribution is 5.92. The summed E-state index contributed by atoms with van der Waals surface area (Å²) in [6.45, 7) is 6.09. The Kier molecular flexibility index (Phi) is 5.28. The lowest BCUT2D eigenvalue weighted by atomic mass is 9.85. The molecule has 1 aromatic heterocycles. The van der Waals surface area contributed by atoms with Gasteiger partial charge in [-0.05, 0) is 34.9 Å². The first kappa shape index (κ1) is 17.6. The number of amides is 1. The van der Waals surface area contributed by atoms with E-state index in [4.69, 9.17) is 5.11 Å². The Morgan fingerprint density at radius 2 is 2.04 bits per heavy atom. The number of benzene rings is 1. The predicted molar refractivity (Wildman–Crippen MR) is 88.2 cm³/mol. The predicted octanol–water partition coefficient (Wildman–Crippen LogP) is 2.19. The van der Waals surface area contributed by atoms with Gasteiger partial charge in [-0.2, -0.15) is 0 Å². The maximum atomic E-state index is 12.2. The number of nitrogens with one attached hydrogen (secondary N) is 1. The minimum atomic E-state index is -0.916. The smallest absolute Gasteiger partial charge is 0.303 e. The Morgan fingerprint density at radius 3 is 2.71 bits per heavy atom. The van der Waals surface area contributed by atoms with E-state index in [1.54, 1.807) is 30.7 Å². The van der Waals surface area contributed by atoms with Gasteiger partial charge in [-0.1, -0.05) is 26.0 Å². The van der Waals surface area contributed by atoms with Crippen LogP contribution in [0, 0.1) is 5.41 Å². The second kappa shape index (κ2) is 7.20. The molecule has 0 unspecified atom stereocenters. The van der Waals surface area contributed by atoms with Crippen molar-refractivity contribution in [2.24, 2.45) is 5.41 Å². The second-order valence-electron chi connectivity index (χ2n) is 6.36. The molecular formula is C16H21N5O3. The molecule has 2 rings (SSSR count). The third-order valence-corrected chi connectivity index (χ3v) is 3.50. The molecule has 0 atom stereocenters. The molecular weight excluding hydrogens is 310 g/mol. The van der Waals surface area contributed by atoms with Crippen molar-refractivity contribution in [1.82, 2.24) is 20.2 Å². The Morgan fingerprint density at radius 1 is 1.29 bits per heavy atom. The van der Waals surface area contributed by atoms with Crippen LogP contribution < -0.4 is 5.32 Å². The van der Waals surface area contributed by atoms with Gasteiger partial charge in [-0.25, -0.2) is 4.68 Å². The van der Waals surface area contributed by atoms with E-state index in [-0.39, 0.29) is 18.7 Å². The van der Waals surface area contributed by atoms with Gasteiger partial charge < -0.3 is 10.4 Å². The number of aromatic nitrogens is 4. The maximum Gasteiger partial charge on any atom is 0.303 e. The van der Waals surface area contributed by atoms with Crippen LogP contribution in [0.3, 0.4) is 0 Å². The number of carbonyl (C=O) groups excluding carboxylic acids is 1. The first-order chi connectivity index (χ1) is 11.3. The summed E-state index contributed by atoms with van der Waals surface area (Å²) in [4.78, 5) is 23.0. The minimum Gasteiger partial charge on any atom is -0.481 e. The first-order valence-corrected chi connectivity index (χ1v) is 7.69. The number of hydrogen-bond donors (Lipinski definition) is 2. The number of anilines is 1. The molecule has 8 heteroatoms. The zero-order chi connectivity index (χ0) is 17.7. The van der Waals surface area contributed by atoms with Crippen molar-refractivity contribution in [1.29, 1.82) is 0 Å². The summed E-state index contributed by atoms with van der Waals surface area (Å²) in [6.07, 6.45) is 0.0575. The van der Waals surface area contributed by atoms with Gasteiger partial charge in [0.2, 0.25) is 5.91 Å². The number of carbonyl (C=O) groups is 2. The molecule has 0 aliphatic carbocycles. The van der Waals surface area contributed by atoms with Gasteiger partial charge in [0.05, 0.1) is 6.42 Å². The van der Waals surface area contributed by atoms with E-state index in [2.05, 4.69) is 20.8 Å². The molecule has 1 amide bonds. The number of rotatable bonds is 7. The molecule has 2 N–H and O–H groups in total. The summed E-state index contributed by atoms with van der Waals surface area (Å²) in [6, 6.07) is 7.23. The summed E-state index contributed by atoms with van der Waals surface area (Å²) in [5.41, 5.74) is 0.804. The number of carboxylic acid groups (broad SMARTS) is 1. The third-order valence-electron chi connectivity index (χ3n) is 3.50. The summed E-state index contributed by atoms with van der Waals surface area (Å²) in [5.74, 6) is -0.519. The molecule has 1 heterocycles. The molecule has 0 aliphatic rings. The van der Waals surface area contributed by atoms with E-state index in [9.17, 15) is 9.59 Å². The molecule has 0 fully saturated rings. The van der Waals surface area contributed by atoms with Gasteiger partial charge in [0.15, 0.2) is 5.82 Å². The molecule has 0 saturated carbocycles. The quantitative estimate of drug-likeness (QED) is 0.804. The molecule has 0 radical (unpaired) electrons. The lowest BCUT2D eigenvalue weighted by Gasteiger charge is -2.21. The number of aryl methyl sites for hydroxylation is 1. The monoisotopic (exact) mass is 331 g/mol. The summed E-state index contributed by atoms with van der Waals surface area (Å²) >= 11 is 0. The fourth-order valence-corrected chi connectivity index (χ4v) is 2.47. The SMILES string of the molecule is CCn1nnnc1-c1cccc(NC(=O)CC(C)(C)CC(=O)O)c1. The average Bonchev–Trinajstić information content (AvgIpc) is 2.93. The topological polar surface area (TPSA) is 110 Å². The highest BCUT2D eigenvalue weighted by Gasteiger charge is 2.25. The summed E-state index contributed by atoms with van der Waals surface area (Å²) in [5, 5.41) is 23.2. The summed E-state index contributed by atoms with van der Waals surface area (Å²) in [7, 11) is 0. The van der Waals surface area contributed by atoms with Crippen molar-refractivity contribution in [2.45, 2.75) is 40.2 Å². The third kappa shape index (κ3) is 4.61. The van der Waals surface area contributed by atoms with E-state index >= 15 is 0 Å². The maximum absolute atomic E-state index is 12.2. The van der Waals surface area contributed by atoms with E-state index < -0.39 is 11.4 Å². The Labute approximate surface area is 139 Å². The van der Waals surface area contributed by atoms with Crippen LogP contribution in [-0.4, -0.2) is 37.2 Å². The van der Waals surface area contributed by atoms with Crippen LogP contribution in [-0.2, 0) is 16.1 Å². The molecule has 24 heavy (non-hydrogen) atoms. The number of aliphatic carboxylic acids is 1. The van der Waals surface area contributed by atoms with Gasteiger partial charge in [-0.3, -0.25) is 9.59 Å². The number of nitrogens with zero attached hydrogens (tertiary/aromatic N) is 4. The van der Waals surface area contributed by atoms with Crippen LogP contribution in [0.2, 0.25) is 0 Å². The van der Waals surface area contributed by atoms with Crippen molar-refractivity contribution in [3.05, 3.63) is 24.3 Å². The normalized spacial score (nSPS) is 11.3. The van der Waals surface area contributed by atoms with Crippen LogP contribution >= 0.6 is 0 Å². The van der Waals surface area contributed by atoms with Crippen molar-refractivity contribution in [2.75, 3.05) is 5.32 Å². The van der Waals surface area contributed by atoms with E-state index in [0.29, 0.717) is 18.1 Å². The Balaban J connectivity index is 2.10.